The lowest BCUT2D eigenvalue weighted by molar-refractivity contribution is -0.116. The van der Waals surface area contributed by atoms with Gasteiger partial charge in [-0.05, 0) is 12.8 Å². The Morgan fingerprint density at radius 2 is 2.00 bits per heavy atom. The quantitative estimate of drug-likeness (QED) is 0.782. The van der Waals surface area contributed by atoms with Crippen LogP contribution in [0.1, 0.15) is 45.4 Å². The van der Waals surface area contributed by atoms with E-state index in [-0.39, 0.29) is 17.8 Å². The van der Waals surface area contributed by atoms with Crippen molar-refractivity contribution in [3.63, 3.8) is 0 Å². The highest BCUT2D eigenvalue weighted by Crippen LogP contribution is 2.06. The number of anilines is 2. The Kier molecular flexibility index (Phi) is 5.32. The van der Waals surface area contributed by atoms with Crippen molar-refractivity contribution >= 4 is 17.8 Å². The number of nitrogens with zero attached hydrogens (tertiary/aromatic N) is 3. The predicted molar refractivity (Wildman–Crippen MR) is 66.4 cm³/mol. The van der Waals surface area contributed by atoms with Crippen LogP contribution in [0.15, 0.2) is 0 Å². The van der Waals surface area contributed by atoms with Crippen LogP contribution in [-0.2, 0) is 11.2 Å². The average molecular weight is 237 g/mol. The number of amides is 1. The van der Waals surface area contributed by atoms with Crippen LogP contribution in [-0.4, -0.2) is 20.9 Å². The second-order valence-electron chi connectivity index (χ2n) is 3.84. The number of carbonyl (C=O) groups is 1. The minimum atomic E-state index is -0.0834. The Morgan fingerprint density at radius 3 is 2.65 bits per heavy atom. The summed E-state index contributed by atoms with van der Waals surface area (Å²) in [5, 5.41) is 2.64. The number of nitrogens with one attached hydrogen (secondary N) is 1. The van der Waals surface area contributed by atoms with E-state index in [1.54, 1.807) is 0 Å². The van der Waals surface area contributed by atoms with Crippen molar-refractivity contribution in [2.45, 2.75) is 46.0 Å². The minimum absolute atomic E-state index is 0.0834. The van der Waals surface area contributed by atoms with E-state index in [2.05, 4.69) is 20.3 Å². The molecule has 0 saturated carbocycles. The zero-order chi connectivity index (χ0) is 12.7. The van der Waals surface area contributed by atoms with Crippen molar-refractivity contribution in [3.05, 3.63) is 5.82 Å². The number of unbranched alkanes of at least 4 members (excludes halogenated alkanes) is 1. The molecule has 1 aromatic rings. The smallest absolute Gasteiger partial charge is 0.234 e. The Bertz CT molecular complexity index is 380. The van der Waals surface area contributed by atoms with E-state index in [0.29, 0.717) is 12.2 Å². The van der Waals surface area contributed by atoms with Crippen molar-refractivity contribution in [2.75, 3.05) is 11.1 Å². The number of aromatic nitrogens is 3. The van der Waals surface area contributed by atoms with Crippen molar-refractivity contribution in [1.82, 2.24) is 15.0 Å². The molecule has 17 heavy (non-hydrogen) atoms. The van der Waals surface area contributed by atoms with Gasteiger partial charge in [-0.2, -0.15) is 15.0 Å². The Labute approximate surface area is 101 Å². The standard InChI is InChI=1S/C11H19N5O/c1-3-5-7-9(17)15-11-14-8(6-4-2)13-10(12)16-11/h3-7H2,1-2H3,(H3,12,13,14,15,16,17). The highest BCUT2D eigenvalue weighted by atomic mass is 16.1. The van der Waals surface area contributed by atoms with E-state index in [1.165, 1.54) is 0 Å². The van der Waals surface area contributed by atoms with Gasteiger partial charge in [0.05, 0.1) is 0 Å². The molecule has 94 valence electrons. The highest BCUT2D eigenvalue weighted by molar-refractivity contribution is 5.88. The zero-order valence-electron chi connectivity index (χ0n) is 10.4. The van der Waals surface area contributed by atoms with Crippen LogP contribution >= 0.6 is 0 Å². The lowest BCUT2D eigenvalue weighted by Crippen LogP contribution is -2.16. The van der Waals surface area contributed by atoms with E-state index in [4.69, 9.17) is 5.73 Å². The lowest BCUT2D eigenvalue weighted by atomic mass is 10.2. The van der Waals surface area contributed by atoms with E-state index < -0.39 is 0 Å². The molecule has 0 fully saturated rings. The maximum atomic E-state index is 11.5. The second kappa shape index (κ2) is 6.78. The maximum Gasteiger partial charge on any atom is 0.234 e. The monoisotopic (exact) mass is 237 g/mol. The van der Waals surface area contributed by atoms with E-state index >= 15 is 0 Å². The molecule has 0 radical (unpaired) electrons. The SMILES string of the molecule is CCCCC(=O)Nc1nc(N)nc(CCC)n1. The number of aryl methyl sites for hydroxylation is 1. The van der Waals surface area contributed by atoms with Crippen LogP contribution in [0.4, 0.5) is 11.9 Å². The molecular weight excluding hydrogens is 218 g/mol. The van der Waals surface area contributed by atoms with Gasteiger partial charge >= 0.3 is 0 Å². The summed E-state index contributed by atoms with van der Waals surface area (Å²) in [5.74, 6) is 0.932. The largest absolute Gasteiger partial charge is 0.368 e. The van der Waals surface area contributed by atoms with Crippen LogP contribution in [0.5, 0.6) is 0 Å². The molecule has 1 amide bonds. The van der Waals surface area contributed by atoms with Gasteiger partial charge in [0, 0.05) is 12.8 Å². The molecule has 1 aromatic heterocycles. The fourth-order valence-electron chi connectivity index (χ4n) is 1.35. The summed E-state index contributed by atoms with van der Waals surface area (Å²) < 4.78 is 0. The third kappa shape index (κ3) is 4.76. The molecule has 0 unspecified atom stereocenters. The summed E-state index contributed by atoms with van der Waals surface area (Å²) in [6.07, 6.45) is 3.96. The molecule has 0 spiro atoms. The second-order valence-corrected chi connectivity index (χ2v) is 3.84. The molecule has 3 N–H and O–H groups in total. The minimum Gasteiger partial charge on any atom is -0.368 e. The number of hydrogen-bond donors (Lipinski definition) is 2. The fraction of sp³-hybridized carbons (Fsp3) is 0.636. The predicted octanol–water partition coefficient (Wildman–Crippen LogP) is 1.53. The lowest BCUT2D eigenvalue weighted by Gasteiger charge is -2.05. The zero-order valence-corrected chi connectivity index (χ0v) is 10.4. The number of nitrogens with two attached hydrogens (primary N) is 1. The summed E-state index contributed by atoms with van der Waals surface area (Å²) in [6, 6.07) is 0. The molecule has 6 nitrogen and oxygen atoms in total. The van der Waals surface area contributed by atoms with Crippen LogP contribution < -0.4 is 11.1 Å². The summed E-state index contributed by atoms with van der Waals surface area (Å²) in [6.45, 7) is 4.06. The molecule has 1 heterocycles. The number of nitrogen functional groups attached to an aromatic ring is 1. The first-order valence-corrected chi connectivity index (χ1v) is 5.96. The normalized spacial score (nSPS) is 10.2. The van der Waals surface area contributed by atoms with Crippen LogP contribution in [0.2, 0.25) is 0 Å². The van der Waals surface area contributed by atoms with Gasteiger partial charge in [0.25, 0.3) is 0 Å². The van der Waals surface area contributed by atoms with Crippen molar-refractivity contribution in [3.8, 4) is 0 Å². The maximum absolute atomic E-state index is 11.5. The fourth-order valence-corrected chi connectivity index (χ4v) is 1.35. The van der Waals surface area contributed by atoms with E-state index in [9.17, 15) is 4.79 Å². The molecule has 0 aliphatic carbocycles. The van der Waals surface area contributed by atoms with Crippen molar-refractivity contribution in [2.24, 2.45) is 0 Å². The molecule has 0 aliphatic rings. The number of carbonyl (C=O) groups excluding carboxylic acids is 1. The van der Waals surface area contributed by atoms with Crippen molar-refractivity contribution in [1.29, 1.82) is 0 Å². The van der Waals surface area contributed by atoms with Gasteiger partial charge in [-0.3, -0.25) is 10.1 Å². The molecular formula is C11H19N5O. The number of rotatable bonds is 6. The van der Waals surface area contributed by atoms with Gasteiger partial charge in [0.15, 0.2) is 0 Å². The van der Waals surface area contributed by atoms with Crippen molar-refractivity contribution < 1.29 is 4.79 Å². The van der Waals surface area contributed by atoms with Gasteiger partial charge in [0.1, 0.15) is 5.82 Å². The first-order chi connectivity index (χ1) is 8.15. The van der Waals surface area contributed by atoms with E-state index in [0.717, 1.165) is 25.7 Å². The van der Waals surface area contributed by atoms with Crippen LogP contribution in [0.3, 0.4) is 0 Å². The summed E-state index contributed by atoms with van der Waals surface area (Å²) in [7, 11) is 0. The Balaban J connectivity index is 2.66. The molecule has 0 bridgehead atoms. The Hall–Kier alpha value is -1.72. The molecule has 0 aromatic carbocycles. The van der Waals surface area contributed by atoms with Crippen LogP contribution in [0.25, 0.3) is 0 Å². The summed E-state index contributed by atoms with van der Waals surface area (Å²) in [5.41, 5.74) is 5.55. The van der Waals surface area contributed by atoms with Gasteiger partial charge in [0.2, 0.25) is 17.8 Å². The third-order valence-electron chi connectivity index (χ3n) is 2.18. The molecule has 0 aliphatic heterocycles. The van der Waals surface area contributed by atoms with Gasteiger partial charge in [-0.25, -0.2) is 0 Å². The summed E-state index contributed by atoms with van der Waals surface area (Å²) >= 11 is 0. The van der Waals surface area contributed by atoms with Gasteiger partial charge < -0.3 is 5.73 Å². The third-order valence-corrected chi connectivity index (χ3v) is 2.18. The number of hydrogen-bond acceptors (Lipinski definition) is 5. The van der Waals surface area contributed by atoms with Gasteiger partial charge in [-0.1, -0.05) is 20.3 Å². The highest BCUT2D eigenvalue weighted by Gasteiger charge is 2.07. The molecule has 1 rings (SSSR count). The topological polar surface area (TPSA) is 93.8 Å². The first-order valence-electron chi connectivity index (χ1n) is 5.96. The molecule has 0 saturated heterocycles. The van der Waals surface area contributed by atoms with Gasteiger partial charge in [-0.15, -0.1) is 0 Å². The molecule has 6 heteroatoms. The average Bonchev–Trinajstić information content (AvgIpc) is 2.26. The first kappa shape index (κ1) is 13.3. The van der Waals surface area contributed by atoms with Crippen LogP contribution in [0, 0.1) is 0 Å². The Morgan fingerprint density at radius 1 is 1.24 bits per heavy atom. The molecule has 0 atom stereocenters. The van der Waals surface area contributed by atoms with E-state index in [1.807, 2.05) is 13.8 Å². The summed E-state index contributed by atoms with van der Waals surface area (Å²) in [4.78, 5) is 23.5.